The molecule has 112 valence electrons. The topological polar surface area (TPSA) is 64.3 Å². The molecule has 0 bridgehead atoms. The second kappa shape index (κ2) is 9.32. The molecule has 0 radical (unpaired) electrons. The molecule has 3 N–H and O–H groups in total. The maximum Gasteiger partial charge on any atom is 0.223 e. The molecule has 3 unspecified atom stereocenters. The molecule has 1 saturated carbocycles. The van der Waals surface area contributed by atoms with E-state index in [0.717, 1.165) is 51.7 Å². The second-order valence-corrected chi connectivity index (χ2v) is 5.76. The largest absolute Gasteiger partial charge is 0.381 e. The summed E-state index contributed by atoms with van der Waals surface area (Å²) in [6.07, 6.45) is 6.05. The Morgan fingerprint density at radius 1 is 1.32 bits per heavy atom. The van der Waals surface area contributed by atoms with Crippen LogP contribution in [0.3, 0.4) is 0 Å². The minimum Gasteiger partial charge on any atom is -0.381 e. The van der Waals surface area contributed by atoms with Crippen molar-refractivity contribution in [3.63, 3.8) is 0 Å². The third kappa shape index (κ3) is 6.39. The Labute approximate surface area is 117 Å². The number of unbranched alkanes of at least 4 members (excludes halogenated alkanes) is 1. The monoisotopic (exact) mass is 270 g/mol. The van der Waals surface area contributed by atoms with E-state index < -0.39 is 0 Å². The molecule has 1 amide bonds. The average molecular weight is 270 g/mol. The normalized spacial score (nSPS) is 27.2. The lowest BCUT2D eigenvalue weighted by molar-refractivity contribution is -0.126. The van der Waals surface area contributed by atoms with Gasteiger partial charge in [-0.1, -0.05) is 20.3 Å². The van der Waals surface area contributed by atoms with Crippen molar-refractivity contribution in [2.45, 2.75) is 58.4 Å². The second-order valence-electron chi connectivity index (χ2n) is 5.76. The molecule has 0 aromatic carbocycles. The predicted molar refractivity (Wildman–Crippen MR) is 77.8 cm³/mol. The van der Waals surface area contributed by atoms with Crippen LogP contribution in [0.4, 0.5) is 0 Å². The molecule has 0 heterocycles. The Bertz CT molecular complexity index is 259. The van der Waals surface area contributed by atoms with Gasteiger partial charge in [-0.25, -0.2) is 0 Å². The Balaban J connectivity index is 2.04. The number of ether oxygens (including phenoxy) is 1. The third-order valence-corrected chi connectivity index (χ3v) is 4.04. The molecule has 1 rings (SSSR count). The lowest BCUT2D eigenvalue weighted by atomic mass is 9.79. The number of nitrogens with one attached hydrogen (secondary N) is 1. The zero-order valence-corrected chi connectivity index (χ0v) is 12.5. The molecule has 0 saturated heterocycles. The fourth-order valence-electron chi connectivity index (χ4n) is 2.47. The van der Waals surface area contributed by atoms with Crippen molar-refractivity contribution in [3.05, 3.63) is 0 Å². The zero-order valence-electron chi connectivity index (χ0n) is 12.5. The first-order valence-electron chi connectivity index (χ1n) is 7.76. The summed E-state index contributed by atoms with van der Waals surface area (Å²) in [5, 5.41) is 3.00. The summed E-state index contributed by atoms with van der Waals surface area (Å²) in [6, 6.07) is 0.182. The minimum absolute atomic E-state index is 0.118. The van der Waals surface area contributed by atoms with E-state index >= 15 is 0 Å². The molecule has 1 fully saturated rings. The number of nitrogens with two attached hydrogens (primary N) is 1. The molecule has 19 heavy (non-hydrogen) atoms. The van der Waals surface area contributed by atoms with Crippen molar-refractivity contribution in [1.82, 2.24) is 5.32 Å². The Morgan fingerprint density at radius 3 is 2.74 bits per heavy atom. The van der Waals surface area contributed by atoms with E-state index in [1.54, 1.807) is 0 Å². The van der Waals surface area contributed by atoms with E-state index in [1.807, 2.05) is 0 Å². The molecule has 0 aliphatic heterocycles. The summed E-state index contributed by atoms with van der Waals surface area (Å²) in [4.78, 5) is 12.0. The summed E-state index contributed by atoms with van der Waals surface area (Å²) >= 11 is 0. The van der Waals surface area contributed by atoms with E-state index in [-0.39, 0.29) is 17.9 Å². The number of carbonyl (C=O) groups excluding carboxylic acids is 1. The van der Waals surface area contributed by atoms with Gasteiger partial charge >= 0.3 is 0 Å². The first-order valence-corrected chi connectivity index (χ1v) is 7.76. The molecule has 1 aliphatic carbocycles. The summed E-state index contributed by atoms with van der Waals surface area (Å²) in [5.41, 5.74) is 6.03. The van der Waals surface area contributed by atoms with E-state index in [1.165, 1.54) is 0 Å². The van der Waals surface area contributed by atoms with Crippen LogP contribution in [-0.4, -0.2) is 31.7 Å². The van der Waals surface area contributed by atoms with Gasteiger partial charge in [-0.3, -0.25) is 4.79 Å². The van der Waals surface area contributed by atoms with Crippen molar-refractivity contribution >= 4 is 5.91 Å². The summed E-state index contributed by atoms with van der Waals surface area (Å²) in [6.45, 7) is 6.61. The van der Waals surface area contributed by atoms with E-state index in [0.29, 0.717) is 12.5 Å². The van der Waals surface area contributed by atoms with Gasteiger partial charge in [0, 0.05) is 31.7 Å². The van der Waals surface area contributed by atoms with Gasteiger partial charge in [0.2, 0.25) is 5.91 Å². The molecule has 0 aromatic rings. The van der Waals surface area contributed by atoms with Crippen LogP contribution in [0, 0.1) is 11.8 Å². The molecular weight excluding hydrogens is 240 g/mol. The average Bonchev–Trinajstić information content (AvgIpc) is 2.40. The maximum atomic E-state index is 12.0. The van der Waals surface area contributed by atoms with Crippen LogP contribution in [0.15, 0.2) is 0 Å². The van der Waals surface area contributed by atoms with Gasteiger partial charge in [0.25, 0.3) is 0 Å². The molecule has 0 spiro atoms. The predicted octanol–water partition coefficient (Wildman–Crippen LogP) is 2.07. The van der Waals surface area contributed by atoms with Crippen LogP contribution in [0.5, 0.6) is 0 Å². The number of carbonyl (C=O) groups is 1. The summed E-state index contributed by atoms with van der Waals surface area (Å²) in [5.74, 6) is 0.846. The van der Waals surface area contributed by atoms with Crippen molar-refractivity contribution in [2.75, 3.05) is 19.8 Å². The molecule has 0 aromatic heterocycles. The maximum absolute atomic E-state index is 12.0. The molecule has 1 aliphatic rings. The first-order chi connectivity index (χ1) is 9.15. The van der Waals surface area contributed by atoms with Crippen molar-refractivity contribution in [3.8, 4) is 0 Å². The molecule has 4 nitrogen and oxygen atoms in total. The van der Waals surface area contributed by atoms with Gasteiger partial charge in [-0.15, -0.1) is 0 Å². The van der Waals surface area contributed by atoms with Gasteiger partial charge in [0.05, 0.1) is 0 Å². The summed E-state index contributed by atoms with van der Waals surface area (Å²) in [7, 11) is 0. The highest BCUT2D eigenvalue weighted by molar-refractivity contribution is 5.78. The van der Waals surface area contributed by atoms with Crippen molar-refractivity contribution in [1.29, 1.82) is 0 Å². The van der Waals surface area contributed by atoms with Crippen LogP contribution < -0.4 is 11.1 Å². The highest BCUT2D eigenvalue weighted by Crippen LogP contribution is 2.27. The highest BCUT2D eigenvalue weighted by atomic mass is 16.5. The van der Waals surface area contributed by atoms with Gasteiger partial charge in [-0.05, 0) is 38.0 Å². The summed E-state index contributed by atoms with van der Waals surface area (Å²) < 4.78 is 5.46. The highest BCUT2D eigenvalue weighted by Gasteiger charge is 2.29. The number of rotatable bonds is 8. The van der Waals surface area contributed by atoms with Crippen molar-refractivity contribution < 1.29 is 9.53 Å². The Morgan fingerprint density at radius 2 is 2.05 bits per heavy atom. The van der Waals surface area contributed by atoms with Gasteiger partial charge < -0.3 is 15.8 Å². The molecular formula is C15H30N2O2. The fraction of sp³-hybridized carbons (Fsp3) is 0.933. The van der Waals surface area contributed by atoms with Crippen molar-refractivity contribution in [2.24, 2.45) is 17.6 Å². The number of hydrogen-bond donors (Lipinski definition) is 2. The van der Waals surface area contributed by atoms with Crippen LogP contribution in [0.1, 0.15) is 52.4 Å². The van der Waals surface area contributed by atoms with Crippen LogP contribution in [-0.2, 0) is 9.53 Å². The lowest BCUT2D eigenvalue weighted by Gasteiger charge is -2.31. The zero-order chi connectivity index (χ0) is 14.1. The minimum atomic E-state index is 0.118. The smallest absolute Gasteiger partial charge is 0.223 e. The van der Waals surface area contributed by atoms with E-state index in [4.69, 9.17) is 10.5 Å². The van der Waals surface area contributed by atoms with Gasteiger partial charge in [0.1, 0.15) is 0 Å². The third-order valence-electron chi connectivity index (χ3n) is 4.04. The number of amides is 1. The molecule has 4 heteroatoms. The standard InChI is InChI=1S/C15H30N2O2/c1-3-4-9-19-10-5-8-17-15(18)13-7-6-12(2)14(16)11-13/h12-14H,3-11,16H2,1-2H3,(H,17,18). The van der Waals surface area contributed by atoms with Crippen LogP contribution in [0.25, 0.3) is 0 Å². The molecule has 3 atom stereocenters. The number of hydrogen-bond acceptors (Lipinski definition) is 3. The van der Waals surface area contributed by atoms with Gasteiger partial charge in [0.15, 0.2) is 0 Å². The Hall–Kier alpha value is -0.610. The fourth-order valence-corrected chi connectivity index (χ4v) is 2.47. The quantitative estimate of drug-likeness (QED) is 0.664. The Kier molecular flexibility index (Phi) is 8.07. The SMILES string of the molecule is CCCCOCCCNC(=O)C1CCC(C)C(N)C1. The van der Waals surface area contributed by atoms with Crippen LogP contribution >= 0.6 is 0 Å². The van der Waals surface area contributed by atoms with E-state index in [2.05, 4.69) is 19.2 Å². The first kappa shape index (κ1) is 16.4. The van der Waals surface area contributed by atoms with Gasteiger partial charge in [-0.2, -0.15) is 0 Å². The van der Waals surface area contributed by atoms with Crippen LogP contribution in [0.2, 0.25) is 0 Å². The van der Waals surface area contributed by atoms with E-state index in [9.17, 15) is 4.79 Å². The lowest BCUT2D eigenvalue weighted by Crippen LogP contribution is -2.41.